The summed E-state index contributed by atoms with van der Waals surface area (Å²) in [5.41, 5.74) is 3.23. The van der Waals surface area contributed by atoms with Crippen molar-refractivity contribution in [3.8, 4) is 0 Å². The highest BCUT2D eigenvalue weighted by molar-refractivity contribution is 7.89. The zero-order chi connectivity index (χ0) is 19.9. The average molecular weight is 390 g/mol. The van der Waals surface area contributed by atoms with Crippen LogP contribution >= 0.6 is 0 Å². The van der Waals surface area contributed by atoms with E-state index in [1.165, 1.54) is 17.7 Å². The van der Waals surface area contributed by atoms with E-state index in [9.17, 15) is 13.2 Å². The van der Waals surface area contributed by atoms with Gasteiger partial charge < -0.3 is 10.6 Å². The van der Waals surface area contributed by atoms with Crippen molar-refractivity contribution in [2.75, 3.05) is 18.4 Å². The predicted octanol–water partition coefficient (Wildman–Crippen LogP) is 2.62. The van der Waals surface area contributed by atoms with Crippen LogP contribution in [0.4, 0.5) is 5.69 Å². The smallest absolute Gasteiger partial charge is 0.238 e. The number of amides is 1. The summed E-state index contributed by atoms with van der Waals surface area (Å²) in [5, 5.41) is 11.2. The summed E-state index contributed by atoms with van der Waals surface area (Å²) >= 11 is 0. The second-order valence-corrected chi connectivity index (χ2v) is 8.30. The first-order valence-corrected chi connectivity index (χ1v) is 10.5. The van der Waals surface area contributed by atoms with Crippen LogP contribution in [0, 0.1) is 0 Å². The summed E-state index contributed by atoms with van der Waals surface area (Å²) < 4.78 is 22.4. The third-order valence-electron chi connectivity index (χ3n) is 4.25. The van der Waals surface area contributed by atoms with E-state index in [1.54, 1.807) is 12.1 Å². The normalized spacial score (nSPS) is 11.4. The zero-order valence-electron chi connectivity index (χ0n) is 15.7. The number of rotatable bonds is 9. The van der Waals surface area contributed by atoms with E-state index < -0.39 is 10.0 Å². The fourth-order valence-corrected chi connectivity index (χ4v) is 3.10. The predicted molar refractivity (Wildman–Crippen MR) is 108 cm³/mol. The quantitative estimate of drug-likeness (QED) is 0.613. The molecule has 0 aliphatic carbocycles. The molecule has 0 saturated carbocycles. The molecule has 0 atom stereocenters. The van der Waals surface area contributed by atoms with Gasteiger partial charge in [-0.1, -0.05) is 38.1 Å². The number of hydrogen-bond acceptors (Lipinski definition) is 4. The minimum atomic E-state index is -3.67. The lowest BCUT2D eigenvalue weighted by Crippen LogP contribution is -2.27. The van der Waals surface area contributed by atoms with Crippen molar-refractivity contribution in [2.24, 2.45) is 5.14 Å². The van der Waals surface area contributed by atoms with Crippen LogP contribution in [0.15, 0.2) is 53.4 Å². The Kier molecular flexibility index (Phi) is 7.38. The Labute approximate surface area is 161 Å². The Morgan fingerprint density at radius 3 is 2.19 bits per heavy atom. The van der Waals surface area contributed by atoms with Gasteiger partial charge in [0.15, 0.2) is 0 Å². The molecule has 6 nitrogen and oxygen atoms in total. The zero-order valence-corrected chi connectivity index (χ0v) is 16.6. The maximum Gasteiger partial charge on any atom is 0.238 e. The molecule has 2 aromatic rings. The largest absolute Gasteiger partial charge is 0.385 e. The summed E-state index contributed by atoms with van der Waals surface area (Å²) in [6.45, 7) is 5.37. The summed E-state index contributed by atoms with van der Waals surface area (Å²) in [7, 11) is -3.67. The molecule has 0 spiro atoms. The first kappa shape index (κ1) is 20.9. The van der Waals surface area contributed by atoms with E-state index in [0.29, 0.717) is 31.8 Å². The molecule has 0 fully saturated rings. The van der Waals surface area contributed by atoms with Gasteiger partial charge in [-0.2, -0.15) is 0 Å². The molecule has 2 rings (SSSR count). The van der Waals surface area contributed by atoms with Crippen molar-refractivity contribution in [1.82, 2.24) is 5.32 Å². The van der Waals surface area contributed by atoms with Gasteiger partial charge in [-0.05, 0) is 47.7 Å². The van der Waals surface area contributed by atoms with Crippen LogP contribution < -0.4 is 15.8 Å². The molecule has 0 aromatic heterocycles. The molecule has 1 amide bonds. The summed E-state index contributed by atoms with van der Waals surface area (Å²) in [5.74, 6) is 0.475. The Morgan fingerprint density at radius 2 is 1.63 bits per heavy atom. The Morgan fingerprint density at radius 1 is 1.00 bits per heavy atom. The molecule has 4 N–H and O–H groups in total. The number of primary sulfonamides is 1. The second kappa shape index (κ2) is 9.53. The molecule has 0 aliphatic rings. The molecule has 0 saturated heterocycles. The van der Waals surface area contributed by atoms with E-state index in [1.807, 2.05) is 12.1 Å². The third-order valence-corrected chi connectivity index (χ3v) is 5.18. The monoisotopic (exact) mass is 389 g/mol. The number of benzene rings is 2. The summed E-state index contributed by atoms with van der Waals surface area (Å²) in [4.78, 5) is 12.0. The average Bonchev–Trinajstić information content (AvgIpc) is 2.62. The van der Waals surface area contributed by atoms with Crippen LogP contribution in [-0.2, 0) is 21.2 Å². The highest BCUT2D eigenvalue weighted by Gasteiger charge is 2.07. The van der Waals surface area contributed by atoms with Crippen LogP contribution in [0.1, 0.15) is 37.3 Å². The molecular weight excluding hydrogens is 362 g/mol. The van der Waals surface area contributed by atoms with Crippen molar-refractivity contribution < 1.29 is 13.2 Å². The van der Waals surface area contributed by atoms with Gasteiger partial charge in [-0.15, -0.1) is 0 Å². The van der Waals surface area contributed by atoms with Gasteiger partial charge in [0.25, 0.3) is 0 Å². The number of anilines is 1. The standard InChI is InChI=1S/C20H27N3O3S/c1-15(2)17-5-7-18(8-6-17)22-14-12-20(24)23-13-11-16-3-9-19(10-4-16)27(21,25)26/h3-10,15,22H,11-14H2,1-2H3,(H,23,24)(H2,21,25,26). The molecule has 27 heavy (non-hydrogen) atoms. The van der Waals surface area contributed by atoms with E-state index >= 15 is 0 Å². The second-order valence-electron chi connectivity index (χ2n) is 6.74. The topological polar surface area (TPSA) is 101 Å². The van der Waals surface area contributed by atoms with E-state index in [4.69, 9.17) is 5.14 Å². The van der Waals surface area contributed by atoms with E-state index in [-0.39, 0.29) is 10.8 Å². The molecule has 0 heterocycles. The number of nitrogens with two attached hydrogens (primary N) is 1. The maximum atomic E-state index is 11.9. The van der Waals surface area contributed by atoms with E-state index in [0.717, 1.165) is 11.3 Å². The molecule has 0 radical (unpaired) electrons. The minimum Gasteiger partial charge on any atom is -0.385 e. The first-order valence-electron chi connectivity index (χ1n) is 8.98. The molecule has 146 valence electrons. The van der Waals surface area contributed by atoms with Crippen LogP contribution in [0.25, 0.3) is 0 Å². The highest BCUT2D eigenvalue weighted by atomic mass is 32.2. The van der Waals surface area contributed by atoms with Gasteiger partial charge >= 0.3 is 0 Å². The van der Waals surface area contributed by atoms with Gasteiger partial charge in [0.05, 0.1) is 4.90 Å². The highest BCUT2D eigenvalue weighted by Crippen LogP contribution is 2.17. The maximum absolute atomic E-state index is 11.9. The van der Waals surface area contributed by atoms with Crippen molar-refractivity contribution in [1.29, 1.82) is 0 Å². The lowest BCUT2D eigenvalue weighted by Gasteiger charge is -2.10. The Hall–Kier alpha value is -2.38. The molecular formula is C20H27N3O3S. The number of carbonyl (C=O) groups excluding carboxylic acids is 1. The summed E-state index contributed by atoms with van der Waals surface area (Å²) in [6.07, 6.45) is 1.01. The lowest BCUT2D eigenvalue weighted by atomic mass is 10.0. The van der Waals surface area contributed by atoms with Gasteiger partial charge in [0, 0.05) is 25.2 Å². The van der Waals surface area contributed by atoms with Gasteiger partial charge in [0.1, 0.15) is 0 Å². The Bertz CT molecular complexity index is 845. The first-order chi connectivity index (χ1) is 12.8. The van der Waals surface area contributed by atoms with Gasteiger partial charge in [-0.3, -0.25) is 4.79 Å². The minimum absolute atomic E-state index is 0.0255. The lowest BCUT2D eigenvalue weighted by molar-refractivity contribution is -0.120. The van der Waals surface area contributed by atoms with Gasteiger partial charge in [-0.25, -0.2) is 13.6 Å². The van der Waals surface area contributed by atoms with Crippen molar-refractivity contribution in [3.63, 3.8) is 0 Å². The molecule has 0 unspecified atom stereocenters. The fourth-order valence-electron chi connectivity index (χ4n) is 2.59. The SMILES string of the molecule is CC(C)c1ccc(NCCC(=O)NCCc2ccc(S(N)(=O)=O)cc2)cc1. The van der Waals surface area contributed by atoms with Crippen molar-refractivity contribution in [2.45, 2.75) is 37.5 Å². The van der Waals surface area contributed by atoms with Gasteiger partial charge in [0.2, 0.25) is 15.9 Å². The molecule has 7 heteroatoms. The van der Waals surface area contributed by atoms with Crippen LogP contribution in [0.5, 0.6) is 0 Å². The van der Waals surface area contributed by atoms with Crippen molar-refractivity contribution in [3.05, 3.63) is 59.7 Å². The van der Waals surface area contributed by atoms with Crippen LogP contribution in [-0.4, -0.2) is 27.4 Å². The van der Waals surface area contributed by atoms with Crippen LogP contribution in [0.2, 0.25) is 0 Å². The third kappa shape index (κ3) is 7.03. The van der Waals surface area contributed by atoms with Crippen molar-refractivity contribution >= 4 is 21.6 Å². The number of sulfonamides is 1. The molecule has 0 bridgehead atoms. The Balaban J connectivity index is 1.67. The molecule has 0 aliphatic heterocycles. The summed E-state index contributed by atoms with van der Waals surface area (Å²) in [6, 6.07) is 14.6. The number of nitrogens with one attached hydrogen (secondary N) is 2. The van der Waals surface area contributed by atoms with Crippen LogP contribution in [0.3, 0.4) is 0 Å². The molecule has 2 aromatic carbocycles. The number of hydrogen-bond donors (Lipinski definition) is 3. The fraction of sp³-hybridized carbons (Fsp3) is 0.350. The number of carbonyl (C=O) groups is 1. The van der Waals surface area contributed by atoms with E-state index in [2.05, 4.69) is 36.6 Å².